The summed E-state index contributed by atoms with van der Waals surface area (Å²) in [5.41, 5.74) is 11.2. The molecule has 6 nitrogen and oxygen atoms in total. The third-order valence-electron chi connectivity index (χ3n) is 5.62. The predicted octanol–water partition coefficient (Wildman–Crippen LogP) is 4.25. The zero-order chi connectivity index (χ0) is 21.6. The van der Waals surface area contributed by atoms with Crippen LogP contribution in [0.4, 0.5) is 11.5 Å². The number of ether oxygens (including phenoxy) is 1. The van der Waals surface area contributed by atoms with Crippen molar-refractivity contribution >= 4 is 17.5 Å². The number of aromatic nitrogens is 1. The van der Waals surface area contributed by atoms with Crippen molar-refractivity contribution < 1.29 is 14.6 Å². The van der Waals surface area contributed by atoms with Gasteiger partial charge in [-0.15, -0.1) is 0 Å². The van der Waals surface area contributed by atoms with E-state index in [0.717, 1.165) is 36.5 Å². The van der Waals surface area contributed by atoms with Crippen LogP contribution in [-0.2, 0) is 17.6 Å². The van der Waals surface area contributed by atoms with Gasteiger partial charge in [-0.3, -0.25) is 4.79 Å². The summed E-state index contributed by atoms with van der Waals surface area (Å²) in [6.45, 7) is 1.31. The summed E-state index contributed by atoms with van der Waals surface area (Å²) >= 11 is 0. The highest BCUT2D eigenvalue weighted by molar-refractivity contribution is 5.68. The van der Waals surface area contributed by atoms with Crippen LogP contribution in [0.25, 0.3) is 0 Å². The molecule has 1 unspecified atom stereocenters. The predicted molar refractivity (Wildman–Crippen MR) is 122 cm³/mol. The van der Waals surface area contributed by atoms with Crippen molar-refractivity contribution in [3.8, 4) is 5.75 Å². The summed E-state index contributed by atoms with van der Waals surface area (Å²) in [5.74, 6) is 0.785. The lowest BCUT2D eigenvalue weighted by molar-refractivity contribution is -0.137. The van der Waals surface area contributed by atoms with Gasteiger partial charge in [-0.2, -0.15) is 0 Å². The van der Waals surface area contributed by atoms with Crippen LogP contribution in [0.3, 0.4) is 0 Å². The first-order valence-corrected chi connectivity index (χ1v) is 10.6. The number of aliphatic carboxylic acids is 1. The van der Waals surface area contributed by atoms with Crippen molar-refractivity contribution in [2.24, 2.45) is 0 Å². The molecule has 4 N–H and O–H groups in total. The molecular weight excluding hydrogens is 390 g/mol. The largest absolute Gasteiger partial charge is 0.494 e. The number of hydrogen-bond acceptors (Lipinski definition) is 5. The third-order valence-corrected chi connectivity index (χ3v) is 5.62. The van der Waals surface area contributed by atoms with Crippen LogP contribution >= 0.6 is 0 Å². The summed E-state index contributed by atoms with van der Waals surface area (Å²) in [4.78, 5) is 15.7. The number of nitrogens with one attached hydrogen (secondary N) is 1. The van der Waals surface area contributed by atoms with E-state index in [9.17, 15) is 9.90 Å². The number of nitrogens with zero attached hydrogens (tertiary/aromatic N) is 1. The van der Waals surface area contributed by atoms with E-state index in [2.05, 4.69) is 34.6 Å². The molecule has 0 saturated carbocycles. The van der Waals surface area contributed by atoms with E-state index >= 15 is 0 Å². The minimum atomic E-state index is -0.766. The lowest BCUT2D eigenvalue weighted by Gasteiger charge is -2.16. The standard InChI is InChI=1S/C25H27N3O3/c26-21-8-10-28-24(16-21)27-9-3-11-31-22-7-6-17-12-18-4-1-2-5-23(18)20(15-25(29)30)13-19(17)14-22/h1-2,4-8,10,14,16,20H,3,9,11-13,15H2,(H,29,30)(H3,26,27,28). The maximum Gasteiger partial charge on any atom is 0.303 e. The van der Waals surface area contributed by atoms with Gasteiger partial charge in [0.25, 0.3) is 0 Å². The number of nitrogens with two attached hydrogens (primary N) is 1. The lowest BCUT2D eigenvalue weighted by Crippen LogP contribution is -2.10. The Morgan fingerprint density at radius 1 is 1.13 bits per heavy atom. The van der Waals surface area contributed by atoms with Crippen LogP contribution in [0.1, 0.15) is 41.0 Å². The first kappa shape index (κ1) is 20.7. The van der Waals surface area contributed by atoms with Gasteiger partial charge >= 0.3 is 5.97 Å². The second-order valence-electron chi connectivity index (χ2n) is 7.91. The number of carboxylic acids is 1. The van der Waals surface area contributed by atoms with Crippen molar-refractivity contribution in [1.82, 2.24) is 4.98 Å². The Morgan fingerprint density at radius 2 is 2.00 bits per heavy atom. The molecule has 1 heterocycles. The van der Waals surface area contributed by atoms with Crippen molar-refractivity contribution in [2.45, 2.75) is 31.6 Å². The van der Waals surface area contributed by atoms with E-state index in [1.54, 1.807) is 18.3 Å². The normalized spacial score (nSPS) is 14.8. The average Bonchev–Trinajstić information content (AvgIpc) is 2.89. The Morgan fingerprint density at radius 3 is 2.84 bits per heavy atom. The average molecular weight is 418 g/mol. The molecule has 0 saturated heterocycles. The second-order valence-corrected chi connectivity index (χ2v) is 7.91. The van der Waals surface area contributed by atoms with Crippen LogP contribution in [-0.4, -0.2) is 29.2 Å². The molecular formula is C25H27N3O3. The van der Waals surface area contributed by atoms with Gasteiger partial charge in [-0.1, -0.05) is 30.3 Å². The van der Waals surface area contributed by atoms with E-state index in [4.69, 9.17) is 10.5 Å². The molecule has 1 aliphatic carbocycles. The molecule has 0 spiro atoms. The van der Waals surface area contributed by atoms with Crippen molar-refractivity contribution in [2.75, 3.05) is 24.2 Å². The number of carbonyl (C=O) groups is 1. The van der Waals surface area contributed by atoms with Gasteiger partial charge in [0, 0.05) is 24.5 Å². The topological polar surface area (TPSA) is 97.5 Å². The molecule has 1 aliphatic rings. The van der Waals surface area contributed by atoms with Gasteiger partial charge in [-0.25, -0.2) is 4.98 Å². The maximum absolute atomic E-state index is 11.5. The first-order valence-electron chi connectivity index (χ1n) is 10.6. The number of nitrogen functional groups attached to an aromatic ring is 1. The van der Waals surface area contributed by atoms with E-state index in [1.807, 2.05) is 18.2 Å². The quantitative estimate of drug-likeness (QED) is 0.474. The molecule has 4 rings (SSSR count). The monoisotopic (exact) mass is 417 g/mol. The Bertz CT molecular complexity index is 1070. The summed E-state index contributed by atoms with van der Waals surface area (Å²) in [6, 6.07) is 17.9. The van der Waals surface area contributed by atoms with E-state index in [0.29, 0.717) is 18.7 Å². The van der Waals surface area contributed by atoms with Gasteiger partial charge in [-0.05, 0) is 65.6 Å². The number of hydrogen-bond donors (Lipinski definition) is 3. The van der Waals surface area contributed by atoms with Crippen molar-refractivity contribution in [3.05, 3.63) is 83.0 Å². The zero-order valence-corrected chi connectivity index (χ0v) is 17.4. The minimum Gasteiger partial charge on any atom is -0.494 e. The van der Waals surface area contributed by atoms with Gasteiger partial charge in [0.05, 0.1) is 13.0 Å². The van der Waals surface area contributed by atoms with Gasteiger partial charge in [0.2, 0.25) is 0 Å². The number of carboxylic acid groups (broad SMARTS) is 1. The number of fused-ring (bicyclic) bond motifs is 2. The van der Waals surface area contributed by atoms with Crippen LogP contribution in [0.2, 0.25) is 0 Å². The number of rotatable bonds is 8. The molecule has 160 valence electrons. The van der Waals surface area contributed by atoms with E-state index in [1.165, 1.54) is 16.7 Å². The zero-order valence-electron chi connectivity index (χ0n) is 17.4. The van der Waals surface area contributed by atoms with Crippen molar-refractivity contribution in [3.63, 3.8) is 0 Å². The summed E-state index contributed by atoms with van der Waals surface area (Å²) < 4.78 is 5.97. The molecule has 0 fully saturated rings. The SMILES string of the molecule is Nc1ccnc(NCCCOc2ccc3c(c2)CC(CC(=O)O)c2ccccc2C3)c1. The molecule has 1 atom stereocenters. The van der Waals surface area contributed by atoms with Crippen LogP contribution in [0.5, 0.6) is 5.75 Å². The Labute approximate surface area is 182 Å². The molecule has 3 aromatic rings. The molecule has 1 aromatic heterocycles. The van der Waals surface area contributed by atoms with Gasteiger partial charge in [0.1, 0.15) is 11.6 Å². The molecule has 0 bridgehead atoms. The van der Waals surface area contributed by atoms with Crippen LogP contribution in [0.15, 0.2) is 60.8 Å². The van der Waals surface area contributed by atoms with Crippen molar-refractivity contribution in [1.29, 1.82) is 0 Å². The lowest BCUT2D eigenvalue weighted by atomic mass is 9.89. The smallest absolute Gasteiger partial charge is 0.303 e. The number of benzene rings is 2. The maximum atomic E-state index is 11.5. The summed E-state index contributed by atoms with van der Waals surface area (Å²) in [5, 5.41) is 12.6. The Balaban J connectivity index is 1.38. The van der Waals surface area contributed by atoms with Crippen LogP contribution < -0.4 is 15.8 Å². The molecule has 0 radical (unpaired) electrons. The Hall–Kier alpha value is -3.54. The third kappa shape index (κ3) is 5.34. The second kappa shape index (κ2) is 9.51. The van der Waals surface area contributed by atoms with Gasteiger partial charge < -0.3 is 20.9 Å². The van der Waals surface area contributed by atoms with E-state index < -0.39 is 5.97 Å². The molecule has 0 aliphatic heterocycles. The Kier molecular flexibility index (Phi) is 6.36. The molecule has 2 aromatic carbocycles. The molecule has 0 amide bonds. The van der Waals surface area contributed by atoms with Crippen LogP contribution in [0, 0.1) is 0 Å². The van der Waals surface area contributed by atoms with E-state index in [-0.39, 0.29) is 12.3 Å². The minimum absolute atomic E-state index is 0.0276. The summed E-state index contributed by atoms with van der Waals surface area (Å²) in [6.07, 6.45) is 4.16. The fourth-order valence-electron chi connectivity index (χ4n) is 4.14. The number of anilines is 2. The van der Waals surface area contributed by atoms with Gasteiger partial charge in [0.15, 0.2) is 0 Å². The highest BCUT2D eigenvalue weighted by atomic mass is 16.5. The highest BCUT2D eigenvalue weighted by Crippen LogP contribution is 2.35. The molecule has 6 heteroatoms. The molecule has 31 heavy (non-hydrogen) atoms. The summed E-state index contributed by atoms with van der Waals surface area (Å²) in [7, 11) is 0. The fraction of sp³-hybridized carbons (Fsp3) is 0.280. The first-order chi connectivity index (χ1) is 15.1. The highest BCUT2D eigenvalue weighted by Gasteiger charge is 2.24. The number of pyridine rings is 1. The fourth-order valence-corrected chi connectivity index (χ4v) is 4.14.